The van der Waals surface area contributed by atoms with E-state index in [9.17, 15) is 4.79 Å². The first kappa shape index (κ1) is 16.4. The van der Waals surface area contributed by atoms with Gasteiger partial charge in [-0.05, 0) is 79.6 Å². The van der Waals surface area contributed by atoms with E-state index in [1.165, 1.54) is 44.1 Å². The molecule has 0 spiro atoms. The summed E-state index contributed by atoms with van der Waals surface area (Å²) in [7, 11) is 0. The van der Waals surface area contributed by atoms with Crippen molar-refractivity contribution in [1.29, 1.82) is 5.26 Å². The Balaban J connectivity index is 1.61. The molecule has 0 aromatic carbocycles. The Morgan fingerprint density at radius 1 is 1.17 bits per heavy atom. The van der Waals surface area contributed by atoms with Crippen molar-refractivity contribution in [2.45, 2.75) is 64.2 Å². The maximum absolute atomic E-state index is 12.0. The summed E-state index contributed by atoms with van der Waals surface area (Å²) in [6.45, 7) is 0. The molecule has 0 saturated heterocycles. The Morgan fingerprint density at radius 3 is 2.88 bits per heavy atom. The fourth-order valence-electron chi connectivity index (χ4n) is 6.58. The molecule has 3 fully saturated rings. The molecular weight excluding hydrogens is 318 g/mol. The number of carbonyl (C=O) groups is 1. The number of carbonyl (C=O) groups excluding carboxylic acids is 1. The van der Waals surface area contributed by atoms with Gasteiger partial charge in [-0.25, -0.2) is 0 Å². The molecule has 0 N–H and O–H groups in total. The molecule has 3 heteroatoms. The lowest BCUT2D eigenvalue weighted by Gasteiger charge is -2.53. The van der Waals surface area contributed by atoms with Crippen molar-refractivity contribution in [2.24, 2.45) is 29.1 Å². The molecular formula is C21H26ClNO. The number of nitrogens with zero attached hydrogens (tertiary/aromatic N) is 1. The van der Waals surface area contributed by atoms with E-state index in [1.807, 2.05) is 0 Å². The van der Waals surface area contributed by atoms with E-state index in [1.54, 1.807) is 0 Å². The van der Waals surface area contributed by atoms with E-state index in [4.69, 9.17) is 16.9 Å². The van der Waals surface area contributed by atoms with Crippen molar-refractivity contribution in [2.75, 3.05) is 0 Å². The lowest BCUT2D eigenvalue weighted by atomic mass is 9.52. The molecule has 4 rings (SSSR count). The van der Waals surface area contributed by atoms with Crippen molar-refractivity contribution < 1.29 is 4.79 Å². The summed E-state index contributed by atoms with van der Waals surface area (Å²) < 4.78 is 0. The number of ketones is 1. The molecule has 24 heavy (non-hydrogen) atoms. The van der Waals surface area contributed by atoms with Crippen LogP contribution in [0.2, 0.25) is 0 Å². The van der Waals surface area contributed by atoms with Crippen LogP contribution in [0.15, 0.2) is 22.8 Å². The highest BCUT2D eigenvalue weighted by Crippen LogP contribution is 2.62. The highest BCUT2D eigenvalue weighted by Gasteiger charge is 2.53. The van der Waals surface area contributed by atoms with Gasteiger partial charge in [0.05, 0.1) is 17.5 Å². The maximum atomic E-state index is 12.0. The summed E-state index contributed by atoms with van der Waals surface area (Å²) in [4.78, 5) is 12.0. The lowest BCUT2D eigenvalue weighted by molar-refractivity contribution is -0.116. The molecule has 0 bridgehead atoms. The van der Waals surface area contributed by atoms with Gasteiger partial charge in [-0.2, -0.15) is 5.26 Å². The van der Waals surface area contributed by atoms with Crippen LogP contribution >= 0.6 is 11.6 Å². The first-order chi connectivity index (χ1) is 11.7. The fourth-order valence-corrected chi connectivity index (χ4v) is 6.91. The summed E-state index contributed by atoms with van der Waals surface area (Å²) in [6, 6.07) is 2.25. The van der Waals surface area contributed by atoms with Gasteiger partial charge in [-0.1, -0.05) is 30.2 Å². The number of allylic oxidation sites excluding steroid dienone is 3. The van der Waals surface area contributed by atoms with Gasteiger partial charge in [0, 0.05) is 6.42 Å². The van der Waals surface area contributed by atoms with Crippen molar-refractivity contribution in [1.82, 2.24) is 0 Å². The molecule has 0 radical (unpaired) electrons. The predicted molar refractivity (Wildman–Crippen MR) is 95.2 cm³/mol. The molecule has 0 amide bonds. The van der Waals surface area contributed by atoms with Gasteiger partial charge < -0.3 is 0 Å². The highest BCUT2D eigenvalue weighted by atomic mass is 35.5. The molecule has 5 atom stereocenters. The predicted octanol–water partition coefficient (Wildman–Crippen LogP) is 5.53. The second kappa shape index (κ2) is 6.34. The van der Waals surface area contributed by atoms with Crippen LogP contribution < -0.4 is 0 Å². The van der Waals surface area contributed by atoms with Gasteiger partial charge in [0.15, 0.2) is 5.78 Å². The van der Waals surface area contributed by atoms with Crippen molar-refractivity contribution >= 4 is 17.4 Å². The molecule has 0 aliphatic heterocycles. The summed E-state index contributed by atoms with van der Waals surface area (Å²) >= 11 is 6.38. The van der Waals surface area contributed by atoms with Crippen molar-refractivity contribution in [3.63, 3.8) is 0 Å². The molecule has 0 aromatic rings. The maximum Gasteiger partial charge on any atom is 0.174 e. The number of halogens is 1. The number of hydrogen-bond donors (Lipinski definition) is 0. The molecule has 0 heterocycles. The van der Waals surface area contributed by atoms with Crippen LogP contribution in [0.4, 0.5) is 0 Å². The summed E-state index contributed by atoms with van der Waals surface area (Å²) in [5.41, 5.74) is 1.65. The SMILES string of the molecule is N#CCC=C[C@@]12CCC[C@H]1[C@@H]1CCC3=C(Cl)C(=O)CC[C@@H]3[C@H]1CC2. The Kier molecular flexibility index (Phi) is 4.33. The zero-order valence-electron chi connectivity index (χ0n) is 14.3. The van der Waals surface area contributed by atoms with E-state index in [2.05, 4.69) is 18.2 Å². The number of nitriles is 1. The number of fused-ring (bicyclic) bond motifs is 5. The van der Waals surface area contributed by atoms with Crippen LogP contribution in [0.1, 0.15) is 64.2 Å². The van der Waals surface area contributed by atoms with Crippen LogP contribution in [-0.4, -0.2) is 5.78 Å². The van der Waals surface area contributed by atoms with Crippen LogP contribution in [-0.2, 0) is 4.79 Å². The Labute approximate surface area is 149 Å². The number of Topliss-reactive ketones (excluding diaryl/α,β-unsaturated/α-hetero) is 1. The third-order valence-electron chi connectivity index (χ3n) is 7.49. The van der Waals surface area contributed by atoms with Crippen LogP contribution in [0.5, 0.6) is 0 Å². The molecule has 3 saturated carbocycles. The average molecular weight is 344 g/mol. The van der Waals surface area contributed by atoms with Crippen LogP contribution in [0.25, 0.3) is 0 Å². The van der Waals surface area contributed by atoms with E-state index < -0.39 is 0 Å². The van der Waals surface area contributed by atoms with Gasteiger partial charge in [-0.15, -0.1) is 0 Å². The summed E-state index contributed by atoms with van der Waals surface area (Å²) in [5.74, 6) is 3.04. The normalized spacial score (nSPS) is 41.8. The van der Waals surface area contributed by atoms with Gasteiger partial charge in [-0.3, -0.25) is 4.79 Å². The van der Waals surface area contributed by atoms with Gasteiger partial charge >= 0.3 is 0 Å². The molecule has 0 aromatic heterocycles. The van der Waals surface area contributed by atoms with Gasteiger partial charge in [0.2, 0.25) is 0 Å². The van der Waals surface area contributed by atoms with Crippen LogP contribution in [0, 0.1) is 40.4 Å². The minimum atomic E-state index is 0.173. The van der Waals surface area contributed by atoms with Crippen molar-refractivity contribution in [3.8, 4) is 6.07 Å². The third-order valence-corrected chi connectivity index (χ3v) is 7.94. The monoisotopic (exact) mass is 343 g/mol. The first-order valence-electron chi connectivity index (χ1n) is 9.63. The zero-order valence-corrected chi connectivity index (χ0v) is 15.0. The fraction of sp³-hybridized carbons (Fsp3) is 0.714. The number of rotatable bonds is 2. The van der Waals surface area contributed by atoms with Gasteiger partial charge in [0.1, 0.15) is 0 Å². The Hall–Kier alpha value is -1.07. The molecule has 2 nitrogen and oxygen atoms in total. The minimum absolute atomic E-state index is 0.173. The zero-order chi connectivity index (χ0) is 16.7. The van der Waals surface area contributed by atoms with E-state index in [0.717, 1.165) is 30.6 Å². The van der Waals surface area contributed by atoms with Crippen molar-refractivity contribution in [3.05, 3.63) is 22.8 Å². The van der Waals surface area contributed by atoms with Crippen LogP contribution in [0.3, 0.4) is 0 Å². The summed E-state index contributed by atoms with van der Waals surface area (Å²) in [6.07, 6.45) is 15.5. The third kappa shape index (κ3) is 2.48. The molecule has 4 aliphatic carbocycles. The Bertz CT molecular complexity index is 643. The topological polar surface area (TPSA) is 40.9 Å². The van der Waals surface area contributed by atoms with E-state index >= 15 is 0 Å². The average Bonchev–Trinajstić information content (AvgIpc) is 3.02. The van der Waals surface area contributed by atoms with E-state index in [0.29, 0.717) is 29.2 Å². The smallest absolute Gasteiger partial charge is 0.174 e. The van der Waals surface area contributed by atoms with E-state index in [-0.39, 0.29) is 5.78 Å². The first-order valence-corrected chi connectivity index (χ1v) is 10.0. The molecule has 0 unspecified atom stereocenters. The second-order valence-electron chi connectivity index (χ2n) is 8.31. The van der Waals surface area contributed by atoms with Gasteiger partial charge in [0.25, 0.3) is 0 Å². The lowest BCUT2D eigenvalue weighted by Crippen LogP contribution is -2.45. The minimum Gasteiger partial charge on any atom is -0.293 e. The summed E-state index contributed by atoms with van der Waals surface area (Å²) in [5, 5.41) is 9.44. The Morgan fingerprint density at radius 2 is 2.04 bits per heavy atom. The molecule has 128 valence electrons. The highest BCUT2D eigenvalue weighted by molar-refractivity contribution is 6.43. The second-order valence-corrected chi connectivity index (χ2v) is 8.69. The number of hydrogen-bond acceptors (Lipinski definition) is 2. The standard InChI is InChI=1S/C21H26ClNO/c22-20-17-6-5-16-15(14(17)7-8-19(20)24)9-12-21(10-1-2-13-23)11-3-4-18(16)21/h1,10,14-16,18H,2-9,11-12H2/t14-,15-,16-,18+,21+/m1/s1. The quantitative estimate of drug-likeness (QED) is 0.618. The molecule has 4 aliphatic rings. The largest absolute Gasteiger partial charge is 0.293 e.